The van der Waals surface area contributed by atoms with Crippen LogP contribution in [-0.2, 0) is 4.79 Å². The molecule has 0 aromatic heterocycles. The third kappa shape index (κ3) is 3.59. The number of carbonyl (C=O) groups is 1. The van der Waals surface area contributed by atoms with Gasteiger partial charge in [0.25, 0.3) is 0 Å². The van der Waals surface area contributed by atoms with E-state index in [4.69, 9.17) is 0 Å². The van der Waals surface area contributed by atoms with E-state index in [9.17, 15) is 4.79 Å². The van der Waals surface area contributed by atoms with Gasteiger partial charge < -0.3 is 15.5 Å². The average molecular weight is 293 g/mol. The van der Waals surface area contributed by atoms with Crippen molar-refractivity contribution in [3.05, 3.63) is 0 Å². The Morgan fingerprint density at radius 1 is 1.19 bits per heavy atom. The van der Waals surface area contributed by atoms with Crippen molar-refractivity contribution in [3.8, 4) is 0 Å². The van der Waals surface area contributed by atoms with Gasteiger partial charge in [-0.15, -0.1) is 0 Å². The predicted molar refractivity (Wildman–Crippen MR) is 85.1 cm³/mol. The third-order valence-corrected chi connectivity index (χ3v) is 5.89. The van der Waals surface area contributed by atoms with E-state index < -0.39 is 0 Å². The number of hydrogen-bond donors (Lipinski definition) is 2. The second kappa shape index (κ2) is 7.10. The van der Waals surface area contributed by atoms with Gasteiger partial charge in [0.05, 0.1) is 6.04 Å². The Morgan fingerprint density at radius 2 is 1.95 bits per heavy atom. The highest BCUT2D eigenvalue weighted by molar-refractivity contribution is 5.82. The minimum Gasteiger partial charge on any atom is -0.341 e. The predicted octanol–water partition coefficient (Wildman–Crippen LogP) is 1.76. The summed E-state index contributed by atoms with van der Waals surface area (Å²) in [6.07, 6.45) is 10.0. The van der Waals surface area contributed by atoms with Gasteiger partial charge in [-0.1, -0.05) is 12.8 Å². The van der Waals surface area contributed by atoms with E-state index in [-0.39, 0.29) is 6.04 Å². The molecule has 4 nitrogen and oxygen atoms in total. The molecule has 21 heavy (non-hydrogen) atoms. The molecule has 0 radical (unpaired) electrons. The van der Waals surface area contributed by atoms with Gasteiger partial charge in [0.1, 0.15) is 0 Å². The Balaban J connectivity index is 1.46. The number of nitrogens with zero attached hydrogens (tertiary/aromatic N) is 1. The Bertz CT molecular complexity index is 338. The number of rotatable bonds is 4. The van der Waals surface area contributed by atoms with Crippen molar-refractivity contribution in [3.63, 3.8) is 0 Å². The first kappa shape index (κ1) is 15.3. The lowest BCUT2D eigenvalue weighted by atomic mass is 9.85. The first-order chi connectivity index (χ1) is 10.3. The molecule has 0 aromatic rings. The normalized spacial score (nSPS) is 34.0. The Kier molecular flexibility index (Phi) is 5.17. The monoisotopic (exact) mass is 293 g/mol. The number of carbonyl (C=O) groups excluding carboxylic acids is 1. The summed E-state index contributed by atoms with van der Waals surface area (Å²) < 4.78 is 0. The molecule has 3 fully saturated rings. The quantitative estimate of drug-likeness (QED) is 0.830. The van der Waals surface area contributed by atoms with Crippen LogP contribution in [0.3, 0.4) is 0 Å². The fourth-order valence-corrected chi connectivity index (χ4v) is 4.52. The van der Waals surface area contributed by atoms with Crippen LogP contribution in [0.5, 0.6) is 0 Å². The molecular weight excluding hydrogens is 262 g/mol. The molecule has 1 aliphatic carbocycles. The topological polar surface area (TPSA) is 44.4 Å². The molecule has 2 aliphatic heterocycles. The Labute approximate surface area is 129 Å². The summed E-state index contributed by atoms with van der Waals surface area (Å²) >= 11 is 0. The highest BCUT2D eigenvalue weighted by atomic mass is 16.2. The molecule has 120 valence electrons. The van der Waals surface area contributed by atoms with E-state index in [1.807, 2.05) is 7.05 Å². The number of piperidine rings is 1. The highest BCUT2D eigenvalue weighted by Crippen LogP contribution is 2.34. The van der Waals surface area contributed by atoms with Crippen molar-refractivity contribution < 1.29 is 4.79 Å². The first-order valence-electron chi connectivity index (χ1n) is 8.97. The summed E-state index contributed by atoms with van der Waals surface area (Å²) in [5.41, 5.74) is 0. The number of hydrogen-bond acceptors (Lipinski definition) is 3. The van der Waals surface area contributed by atoms with Crippen molar-refractivity contribution in [1.82, 2.24) is 15.5 Å². The SMILES string of the molecule is CNCCC1CCN(C(=O)C2CC3CCCCC3N2)CC1. The summed E-state index contributed by atoms with van der Waals surface area (Å²) in [5.74, 6) is 1.96. The smallest absolute Gasteiger partial charge is 0.239 e. The van der Waals surface area contributed by atoms with E-state index >= 15 is 0 Å². The molecule has 1 amide bonds. The maximum atomic E-state index is 12.7. The first-order valence-corrected chi connectivity index (χ1v) is 8.97. The molecule has 0 spiro atoms. The zero-order chi connectivity index (χ0) is 14.7. The molecule has 3 atom stereocenters. The fraction of sp³-hybridized carbons (Fsp3) is 0.941. The van der Waals surface area contributed by atoms with E-state index in [2.05, 4.69) is 15.5 Å². The summed E-state index contributed by atoms with van der Waals surface area (Å²) in [7, 11) is 2.02. The number of amides is 1. The summed E-state index contributed by atoms with van der Waals surface area (Å²) in [6.45, 7) is 3.05. The zero-order valence-corrected chi connectivity index (χ0v) is 13.4. The van der Waals surface area contributed by atoms with Crippen molar-refractivity contribution >= 4 is 5.91 Å². The summed E-state index contributed by atoms with van der Waals surface area (Å²) in [4.78, 5) is 14.8. The molecular formula is C17H31N3O. The van der Waals surface area contributed by atoms with Crippen molar-refractivity contribution in [2.24, 2.45) is 11.8 Å². The molecule has 2 saturated heterocycles. The number of likely N-dealkylation sites (tertiary alicyclic amines) is 1. The van der Waals surface area contributed by atoms with Crippen molar-refractivity contribution in [1.29, 1.82) is 0 Å². The van der Waals surface area contributed by atoms with Gasteiger partial charge in [-0.05, 0) is 64.0 Å². The van der Waals surface area contributed by atoms with Gasteiger partial charge in [0.15, 0.2) is 0 Å². The van der Waals surface area contributed by atoms with Gasteiger partial charge in [0, 0.05) is 19.1 Å². The van der Waals surface area contributed by atoms with Gasteiger partial charge in [0.2, 0.25) is 5.91 Å². The second-order valence-electron chi connectivity index (χ2n) is 7.27. The Morgan fingerprint density at radius 3 is 2.67 bits per heavy atom. The lowest BCUT2D eigenvalue weighted by Gasteiger charge is -2.33. The number of nitrogens with one attached hydrogen (secondary N) is 2. The van der Waals surface area contributed by atoms with Gasteiger partial charge in [-0.25, -0.2) is 0 Å². The summed E-state index contributed by atoms with van der Waals surface area (Å²) in [5, 5.41) is 6.87. The van der Waals surface area contributed by atoms with E-state index in [0.717, 1.165) is 37.9 Å². The maximum absolute atomic E-state index is 12.7. The van der Waals surface area contributed by atoms with Crippen molar-refractivity contribution in [2.45, 2.75) is 63.5 Å². The lowest BCUT2D eigenvalue weighted by molar-refractivity contribution is -0.134. The zero-order valence-electron chi connectivity index (χ0n) is 13.4. The molecule has 4 heteroatoms. The minimum atomic E-state index is 0.118. The van der Waals surface area contributed by atoms with Crippen LogP contribution in [0.4, 0.5) is 0 Å². The van der Waals surface area contributed by atoms with Gasteiger partial charge >= 0.3 is 0 Å². The van der Waals surface area contributed by atoms with Crippen molar-refractivity contribution in [2.75, 3.05) is 26.7 Å². The maximum Gasteiger partial charge on any atom is 0.239 e. The van der Waals surface area contributed by atoms with Crippen LogP contribution in [0.1, 0.15) is 51.4 Å². The van der Waals surface area contributed by atoms with Crippen LogP contribution >= 0.6 is 0 Å². The molecule has 1 saturated carbocycles. The summed E-state index contributed by atoms with van der Waals surface area (Å²) in [6, 6.07) is 0.743. The molecule has 2 N–H and O–H groups in total. The standard InChI is InChI=1S/C17H31N3O/c1-18-9-6-13-7-10-20(11-8-13)17(21)16-12-14-4-2-3-5-15(14)19-16/h13-16,18-19H,2-12H2,1H3. The Hall–Kier alpha value is -0.610. The third-order valence-electron chi connectivity index (χ3n) is 5.89. The molecule has 3 unspecified atom stereocenters. The van der Waals surface area contributed by atoms with Crippen LogP contribution in [0.25, 0.3) is 0 Å². The van der Waals surface area contributed by atoms with Crippen LogP contribution in [0.2, 0.25) is 0 Å². The highest BCUT2D eigenvalue weighted by Gasteiger charge is 2.40. The van der Waals surface area contributed by atoms with Gasteiger partial charge in [-0.3, -0.25) is 4.79 Å². The van der Waals surface area contributed by atoms with Gasteiger partial charge in [-0.2, -0.15) is 0 Å². The largest absolute Gasteiger partial charge is 0.341 e. The lowest BCUT2D eigenvalue weighted by Crippen LogP contribution is -2.48. The molecule has 3 rings (SSSR count). The van der Waals surface area contributed by atoms with Crippen LogP contribution in [-0.4, -0.2) is 49.6 Å². The van der Waals surface area contributed by atoms with E-state index in [1.165, 1.54) is 44.9 Å². The van der Waals surface area contributed by atoms with Crippen LogP contribution < -0.4 is 10.6 Å². The van der Waals surface area contributed by atoms with Crippen LogP contribution in [0.15, 0.2) is 0 Å². The molecule has 3 aliphatic rings. The van der Waals surface area contributed by atoms with Crippen LogP contribution in [0, 0.1) is 11.8 Å². The second-order valence-corrected chi connectivity index (χ2v) is 7.27. The minimum absolute atomic E-state index is 0.118. The van der Waals surface area contributed by atoms with E-state index in [0.29, 0.717) is 11.9 Å². The van der Waals surface area contributed by atoms with E-state index in [1.54, 1.807) is 0 Å². The fourth-order valence-electron chi connectivity index (χ4n) is 4.52. The molecule has 0 aromatic carbocycles. The number of fused-ring (bicyclic) bond motifs is 1. The molecule has 0 bridgehead atoms. The average Bonchev–Trinajstić information content (AvgIpc) is 2.96. The molecule has 2 heterocycles.